The van der Waals surface area contributed by atoms with Gasteiger partial charge in [-0.05, 0) is 49.2 Å². The van der Waals surface area contributed by atoms with Gasteiger partial charge in [0.25, 0.3) is 0 Å². The maximum absolute atomic E-state index is 5.72. The van der Waals surface area contributed by atoms with Gasteiger partial charge in [0.05, 0.1) is 12.8 Å². The van der Waals surface area contributed by atoms with Crippen molar-refractivity contribution < 1.29 is 4.74 Å². The molecule has 2 rings (SSSR count). The van der Waals surface area contributed by atoms with Gasteiger partial charge in [0, 0.05) is 26.2 Å². The Morgan fingerprint density at radius 3 is 2.43 bits per heavy atom. The summed E-state index contributed by atoms with van der Waals surface area (Å²) in [4.78, 5) is 2.33. The molecule has 1 fully saturated rings. The monoisotopic (exact) mass is 289 g/mol. The van der Waals surface area contributed by atoms with Crippen molar-refractivity contribution in [2.45, 2.75) is 20.3 Å². The molecule has 0 spiro atoms. The van der Waals surface area contributed by atoms with Crippen molar-refractivity contribution in [2.75, 3.05) is 39.8 Å². The molecule has 1 aromatic rings. The summed E-state index contributed by atoms with van der Waals surface area (Å²) in [5, 5.41) is 6.68. The van der Waals surface area contributed by atoms with E-state index in [0.717, 1.165) is 50.5 Å². The molecule has 4 heteroatoms. The van der Waals surface area contributed by atoms with Gasteiger partial charge in [0.2, 0.25) is 0 Å². The lowest BCUT2D eigenvalue weighted by atomic mass is 10.1. The summed E-state index contributed by atoms with van der Waals surface area (Å²) in [6.45, 7) is 9.38. The number of hydrazone groups is 1. The molecule has 21 heavy (non-hydrogen) atoms. The van der Waals surface area contributed by atoms with Gasteiger partial charge in [-0.15, -0.1) is 0 Å². The molecule has 1 heterocycles. The number of piperazine rings is 1. The lowest BCUT2D eigenvalue weighted by Gasteiger charge is -2.30. The van der Waals surface area contributed by atoms with E-state index in [4.69, 9.17) is 4.74 Å². The normalized spacial score (nSPS) is 16.9. The van der Waals surface area contributed by atoms with Crippen molar-refractivity contribution in [1.29, 1.82) is 0 Å². The van der Waals surface area contributed by atoms with Gasteiger partial charge >= 0.3 is 0 Å². The van der Waals surface area contributed by atoms with Crippen LogP contribution in [0.25, 0.3) is 0 Å². The molecule has 1 aliphatic heterocycles. The Morgan fingerprint density at radius 1 is 1.14 bits per heavy atom. The fourth-order valence-corrected chi connectivity index (χ4v) is 2.12. The van der Waals surface area contributed by atoms with Crippen LogP contribution < -0.4 is 4.74 Å². The number of hydrogen-bond acceptors (Lipinski definition) is 4. The van der Waals surface area contributed by atoms with Gasteiger partial charge in [0.1, 0.15) is 5.75 Å². The zero-order valence-electron chi connectivity index (χ0n) is 13.5. The van der Waals surface area contributed by atoms with Crippen molar-refractivity contribution in [3.63, 3.8) is 0 Å². The predicted octanol–water partition coefficient (Wildman–Crippen LogP) is 2.69. The summed E-state index contributed by atoms with van der Waals surface area (Å²) >= 11 is 0. The summed E-state index contributed by atoms with van der Waals surface area (Å²) in [7, 11) is 2.15. The Hall–Kier alpha value is -1.55. The lowest BCUT2D eigenvalue weighted by molar-refractivity contribution is 0.159. The van der Waals surface area contributed by atoms with E-state index < -0.39 is 0 Å². The van der Waals surface area contributed by atoms with Crippen LogP contribution in [0.2, 0.25) is 0 Å². The minimum absolute atomic E-state index is 0.681. The van der Waals surface area contributed by atoms with E-state index in [1.807, 2.05) is 18.3 Å². The van der Waals surface area contributed by atoms with E-state index in [2.05, 4.69) is 48.0 Å². The Kier molecular flexibility index (Phi) is 6.05. The Labute approximate surface area is 128 Å². The van der Waals surface area contributed by atoms with Gasteiger partial charge < -0.3 is 9.64 Å². The topological polar surface area (TPSA) is 28.1 Å². The molecule has 1 saturated heterocycles. The van der Waals surface area contributed by atoms with Crippen LogP contribution in [0.3, 0.4) is 0 Å². The molecular formula is C17H27N3O. The highest BCUT2D eigenvalue weighted by atomic mass is 16.5. The second-order valence-corrected chi connectivity index (χ2v) is 6.10. The molecule has 116 valence electrons. The first-order chi connectivity index (χ1) is 10.1. The molecule has 0 atom stereocenters. The largest absolute Gasteiger partial charge is 0.494 e. The maximum Gasteiger partial charge on any atom is 0.119 e. The number of hydrogen-bond donors (Lipinski definition) is 0. The molecule has 4 nitrogen and oxygen atoms in total. The molecule has 1 aliphatic rings. The quantitative estimate of drug-likeness (QED) is 0.754. The smallest absolute Gasteiger partial charge is 0.119 e. The van der Waals surface area contributed by atoms with E-state index in [9.17, 15) is 0 Å². The average Bonchev–Trinajstić information content (AvgIpc) is 2.48. The zero-order valence-corrected chi connectivity index (χ0v) is 13.5. The molecular weight excluding hydrogens is 262 g/mol. The minimum atomic E-state index is 0.681. The van der Waals surface area contributed by atoms with E-state index in [1.54, 1.807) is 0 Å². The van der Waals surface area contributed by atoms with Crippen LogP contribution in [0.15, 0.2) is 29.4 Å². The minimum Gasteiger partial charge on any atom is -0.494 e. The van der Waals surface area contributed by atoms with E-state index in [-0.39, 0.29) is 0 Å². The second kappa shape index (κ2) is 8.03. The molecule has 0 unspecified atom stereocenters. The Bertz CT molecular complexity index is 434. The van der Waals surface area contributed by atoms with Gasteiger partial charge in [0.15, 0.2) is 0 Å². The van der Waals surface area contributed by atoms with Crippen molar-refractivity contribution in [3.05, 3.63) is 29.8 Å². The van der Waals surface area contributed by atoms with Gasteiger partial charge in [-0.2, -0.15) is 5.10 Å². The van der Waals surface area contributed by atoms with E-state index >= 15 is 0 Å². The van der Waals surface area contributed by atoms with Crippen LogP contribution in [0.4, 0.5) is 0 Å². The summed E-state index contributed by atoms with van der Waals surface area (Å²) in [6, 6.07) is 8.16. The number of ether oxygens (including phenoxy) is 1. The van der Waals surface area contributed by atoms with Crippen molar-refractivity contribution in [2.24, 2.45) is 11.0 Å². The Balaban J connectivity index is 1.79. The van der Waals surface area contributed by atoms with Crippen LogP contribution in [0.5, 0.6) is 5.75 Å². The first-order valence-corrected chi connectivity index (χ1v) is 7.84. The lowest BCUT2D eigenvalue weighted by Crippen LogP contribution is -2.41. The van der Waals surface area contributed by atoms with Gasteiger partial charge in [-0.1, -0.05) is 13.8 Å². The van der Waals surface area contributed by atoms with Crippen LogP contribution in [-0.2, 0) is 0 Å². The predicted molar refractivity (Wildman–Crippen MR) is 88.1 cm³/mol. The number of likely N-dealkylation sites (N-methyl/N-ethyl adjacent to an activating group) is 1. The van der Waals surface area contributed by atoms with Gasteiger partial charge in [-0.25, -0.2) is 0 Å². The van der Waals surface area contributed by atoms with Gasteiger partial charge in [-0.3, -0.25) is 5.01 Å². The highest BCUT2D eigenvalue weighted by molar-refractivity contribution is 5.79. The zero-order chi connectivity index (χ0) is 15.1. The maximum atomic E-state index is 5.72. The molecule has 0 N–H and O–H groups in total. The third-order valence-electron chi connectivity index (χ3n) is 3.69. The first-order valence-electron chi connectivity index (χ1n) is 7.84. The molecule has 0 amide bonds. The summed E-state index contributed by atoms with van der Waals surface area (Å²) in [5.74, 6) is 1.62. The first kappa shape index (κ1) is 15.8. The van der Waals surface area contributed by atoms with Crippen LogP contribution >= 0.6 is 0 Å². The molecule has 1 aromatic carbocycles. The summed E-state index contributed by atoms with van der Waals surface area (Å²) in [6.07, 6.45) is 3.02. The molecule has 0 aliphatic carbocycles. The van der Waals surface area contributed by atoms with Crippen LogP contribution in [-0.4, -0.2) is 56.0 Å². The standard InChI is InChI=1S/C17H27N3O/c1-15(2)8-13-21-17-6-4-16(5-7-17)14-18-20-11-9-19(3)10-12-20/h4-7,14-15H,8-13H2,1-3H3. The SMILES string of the molecule is CC(C)CCOc1ccc(C=NN2CCN(C)CC2)cc1. The summed E-state index contributed by atoms with van der Waals surface area (Å²) < 4.78 is 5.72. The number of rotatable bonds is 6. The van der Waals surface area contributed by atoms with Crippen LogP contribution in [0.1, 0.15) is 25.8 Å². The molecule has 0 bridgehead atoms. The fourth-order valence-electron chi connectivity index (χ4n) is 2.12. The van der Waals surface area contributed by atoms with E-state index in [1.165, 1.54) is 0 Å². The highest BCUT2D eigenvalue weighted by Gasteiger charge is 2.10. The molecule has 0 aromatic heterocycles. The fraction of sp³-hybridized carbons (Fsp3) is 0.588. The second-order valence-electron chi connectivity index (χ2n) is 6.10. The van der Waals surface area contributed by atoms with E-state index in [0.29, 0.717) is 5.92 Å². The third-order valence-corrected chi connectivity index (χ3v) is 3.69. The average molecular weight is 289 g/mol. The van der Waals surface area contributed by atoms with Crippen LogP contribution in [0, 0.1) is 5.92 Å². The third kappa shape index (κ3) is 5.76. The number of nitrogens with zero attached hydrogens (tertiary/aromatic N) is 3. The Morgan fingerprint density at radius 2 is 1.81 bits per heavy atom. The number of benzene rings is 1. The van der Waals surface area contributed by atoms with Crippen molar-refractivity contribution in [1.82, 2.24) is 9.91 Å². The molecule has 0 radical (unpaired) electrons. The highest BCUT2D eigenvalue weighted by Crippen LogP contribution is 2.12. The van der Waals surface area contributed by atoms with Crippen molar-refractivity contribution in [3.8, 4) is 5.75 Å². The summed E-state index contributed by atoms with van der Waals surface area (Å²) in [5.41, 5.74) is 1.12. The van der Waals surface area contributed by atoms with Crippen molar-refractivity contribution >= 4 is 6.21 Å². The molecule has 0 saturated carbocycles.